The van der Waals surface area contributed by atoms with Gasteiger partial charge in [-0.05, 0) is 19.8 Å². The summed E-state index contributed by atoms with van der Waals surface area (Å²) >= 11 is 0. The number of amides is 1. The summed E-state index contributed by atoms with van der Waals surface area (Å²) in [6.07, 6.45) is 2.18. The molecule has 7 nitrogen and oxygen atoms in total. The molecule has 0 spiro atoms. The van der Waals surface area contributed by atoms with Crippen molar-refractivity contribution in [2.75, 3.05) is 11.1 Å². The van der Waals surface area contributed by atoms with Crippen molar-refractivity contribution in [3.8, 4) is 0 Å². The van der Waals surface area contributed by atoms with E-state index in [1.165, 1.54) is 0 Å². The number of aromatic nitrogens is 3. The van der Waals surface area contributed by atoms with Crippen LogP contribution >= 0.6 is 0 Å². The second-order valence-electron chi connectivity index (χ2n) is 4.46. The second-order valence-corrected chi connectivity index (χ2v) is 4.46. The number of rotatable bonds is 3. The van der Waals surface area contributed by atoms with Crippen LogP contribution in [0.1, 0.15) is 40.6 Å². The Hall–Kier alpha value is -2.31. The summed E-state index contributed by atoms with van der Waals surface area (Å²) in [6.45, 7) is 1.77. The lowest BCUT2D eigenvalue weighted by Crippen LogP contribution is -2.13. The molecular formula is C11H13N5O2. The van der Waals surface area contributed by atoms with Crippen molar-refractivity contribution >= 4 is 17.5 Å². The molecule has 2 heterocycles. The normalized spacial score (nSPS) is 14.7. The predicted molar refractivity (Wildman–Crippen MR) is 64.2 cm³/mol. The van der Waals surface area contributed by atoms with E-state index in [0.29, 0.717) is 17.3 Å². The number of carbonyl (C=O) groups excluding carboxylic acids is 1. The number of carbonyl (C=O) groups is 1. The van der Waals surface area contributed by atoms with E-state index in [-0.39, 0.29) is 11.6 Å². The molecule has 0 saturated heterocycles. The first-order valence-corrected chi connectivity index (χ1v) is 5.73. The van der Waals surface area contributed by atoms with Crippen LogP contribution in [0.3, 0.4) is 0 Å². The van der Waals surface area contributed by atoms with Crippen molar-refractivity contribution in [1.82, 2.24) is 15.4 Å². The predicted octanol–water partition coefficient (Wildman–Crippen LogP) is 1.42. The number of nitrogens with zero attached hydrogens (tertiary/aromatic N) is 2. The molecule has 18 heavy (non-hydrogen) atoms. The Kier molecular flexibility index (Phi) is 2.32. The van der Waals surface area contributed by atoms with Gasteiger partial charge in [0, 0.05) is 12.0 Å². The van der Waals surface area contributed by atoms with Crippen molar-refractivity contribution in [1.29, 1.82) is 0 Å². The highest BCUT2D eigenvalue weighted by atomic mass is 16.5. The fourth-order valence-electron chi connectivity index (χ4n) is 1.81. The number of hydrogen-bond donors (Lipinski definition) is 3. The lowest BCUT2D eigenvalue weighted by molar-refractivity contribution is 0.102. The number of aryl methyl sites for hydroxylation is 1. The molecule has 7 heteroatoms. The lowest BCUT2D eigenvalue weighted by atomic mass is 10.2. The van der Waals surface area contributed by atoms with Gasteiger partial charge in [0.25, 0.3) is 5.91 Å². The number of nitrogens with two attached hydrogens (primary N) is 1. The molecule has 1 saturated carbocycles. The van der Waals surface area contributed by atoms with Gasteiger partial charge in [0.1, 0.15) is 0 Å². The van der Waals surface area contributed by atoms with Gasteiger partial charge < -0.3 is 10.3 Å². The summed E-state index contributed by atoms with van der Waals surface area (Å²) in [6, 6.07) is 1.63. The highest BCUT2D eigenvalue weighted by molar-refractivity contribution is 6.05. The zero-order chi connectivity index (χ0) is 12.7. The first-order valence-electron chi connectivity index (χ1n) is 5.73. The molecule has 1 aliphatic carbocycles. The zero-order valence-electron chi connectivity index (χ0n) is 9.86. The Labute approximate surface area is 103 Å². The van der Waals surface area contributed by atoms with Gasteiger partial charge in [0.2, 0.25) is 5.88 Å². The van der Waals surface area contributed by atoms with Gasteiger partial charge in [0.15, 0.2) is 5.69 Å². The van der Waals surface area contributed by atoms with Crippen LogP contribution in [-0.2, 0) is 0 Å². The first kappa shape index (κ1) is 10.8. The SMILES string of the molecule is Cc1cc(NC(=O)c2n[nH]c(C3CC3)c2N)on1. The zero-order valence-corrected chi connectivity index (χ0v) is 9.86. The Balaban J connectivity index is 1.79. The number of nitrogens with one attached hydrogen (secondary N) is 2. The van der Waals surface area contributed by atoms with E-state index in [1.807, 2.05) is 0 Å². The fourth-order valence-corrected chi connectivity index (χ4v) is 1.81. The minimum Gasteiger partial charge on any atom is -0.395 e. The van der Waals surface area contributed by atoms with Crippen LogP contribution in [0.2, 0.25) is 0 Å². The highest BCUT2D eigenvalue weighted by Gasteiger charge is 2.30. The maximum absolute atomic E-state index is 11.9. The third kappa shape index (κ3) is 1.83. The smallest absolute Gasteiger partial charge is 0.280 e. The Bertz CT molecular complexity index is 596. The minimum absolute atomic E-state index is 0.200. The van der Waals surface area contributed by atoms with E-state index >= 15 is 0 Å². The molecule has 1 fully saturated rings. The summed E-state index contributed by atoms with van der Waals surface area (Å²) in [5, 5.41) is 13.0. The van der Waals surface area contributed by atoms with Crippen LogP contribution in [0.5, 0.6) is 0 Å². The second kappa shape index (κ2) is 3.86. The van der Waals surface area contributed by atoms with E-state index < -0.39 is 5.91 Å². The standard InChI is InChI=1S/C11H13N5O2/c1-5-4-7(18-16-5)13-11(17)10-8(12)9(14-15-10)6-2-3-6/h4,6H,2-3,12H2,1H3,(H,13,17)(H,14,15). The van der Waals surface area contributed by atoms with Gasteiger partial charge >= 0.3 is 0 Å². The molecular weight excluding hydrogens is 234 g/mol. The summed E-state index contributed by atoms with van der Waals surface area (Å²) in [4.78, 5) is 11.9. The van der Waals surface area contributed by atoms with Gasteiger partial charge in [-0.25, -0.2) is 0 Å². The van der Waals surface area contributed by atoms with Crippen LogP contribution in [-0.4, -0.2) is 21.3 Å². The van der Waals surface area contributed by atoms with Crippen molar-refractivity contribution in [2.45, 2.75) is 25.7 Å². The maximum atomic E-state index is 11.9. The summed E-state index contributed by atoms with van der Waals surface area (Å²) < 4.78 is 4.90. The van der Waals surface area contributed by atoms with Crippen molar-refractivity contribution in [2.24, 2.45) is 0 Å². The molecule has 3 rings (SSSR count). The molecule has 2 aromatic rings. The summed E-state index contributed by atoms with van der Waals surface area (Å²) in [5.74, 6) is 0.311. The molecule has 0 aliphatic heterocycles. The summed E-state index contributed by atoms with van der Waals surface area (Å²) in [5.41, 5.74) is 8.07. The van der Waals surface area contributed by atoms with Crippen LogP contribution in [0, 0.1) is 6.92 Å². The fraction of sp³-hybridized carbons (Fsp3) is 0.364. The van der Waals surface area contributed by atoms with Crippen LogP contribution in [0.4, 0.5) is 11.6 Å². The van der Waals surface area contributed by atoms with E-state index in [2.05, 4.69) is 20.7 Å². The largest absolute Gasteiger partial charge is 0.395 e. The number of anilines is 2. The topological polar surface area (TPSA) is 110 Å². The molecule has 1 amide bonds. The quantitative estimate of drug-likeness (QED) is 0.759. The van der Waals surface area contributed by atoms with Crippen LogP contribution < -0.4 is 11.1 Å². The number of aromatic amines is 1. The molecule has 1 aliphatic rings. The molecule has 94 valence electrons. The van der Waals surface area contributed by atoms with E-state index in [4.69, 9.17) is 10.3 Å². The van der Waals surface area contributed by atoms with E-state index in [9.17, 15) is 4.79 Å². The lowest BCUT2D eigenvalue weighted by Gasteiger charge is -1.99. The molecule has 0 radical (unpaired) electrons. The Morgan fingerprint density at radius 2 is 2.39 bits per heavy atom. The summed E-state index contributed by atoms with van der Waals surface area (Å²) in [7, 11) is 0. The van der Waals surface area contributed by atoms with Crippen LogP contribution in [0.15, 0.2) is 10.6 Å². The van der Waals surface area contributed by atoms with Gasteiger partial charge in [0.05, 0.1) is 17.1 Å². The number of nitrogen functional groups attached to an aromatic ring is 1. The molecule has 0 aromatic carbocycles. The Morgan fingerprint density at radius 3 is 3.00 bits per heavy atom. The first-order chi connectivity index (χ1) is 8.65. The maximum Gasteiger partial charge on any atom is 0.280 e. The van der Waals surface area contributed by atoms with Gasteiger partial charge in [-0.1, -0.05) is 5.16 Å². The average molecular weight is 247 g/mol. The third-order valence-electron chi connectivity index (χ3n) is 2.90. The molecule has 0 unspecified atom stereocenters. The van der Waals surface area contributed by atoms with Crippen LogP contribution in [0.25, 0.3) is 0 Å². The van der Waals surface area contributed by atoms with E-state index in [1.54, 1.807) is 13.0 Å². The van der Waals surface area contributed by atoms with Crippen molar-refractivity contribution in [3.05, 3.63) is 23.1 Å². The monoisotopic (exact) mass is 247 g/mol. The van der Waals surface area contributed by atoms with Gasteiger partial charge in [-0.15, -0.1) is 0 Å². The average Bonchev–Trinajstić information content (AvgIpc) is 2.98. The molecule has 0 atom stereocenters. The Morgan fingerprint density at radius 1 is 1.61 bits per heavy atom. The molecule has 4 N–H and O–H groups in total. The third-order valence-corrected chi connectivity index (χ3v) is 2.90. The number of hydrogen-bond acceptors (Lipinski definition) is 5. The molecule has 0 bridgehead atoms. The van der Waals surface area contributed by atoms with Crippen molar-refractivity contribution in [3.63, 3.8) is 0 Å². The highest BCUT2D eigenvalue weighted by Crippen LogP contribution is 2.42. The van der Waals surface area contributed by atoms with E-state index in [0.717, 1.165) is 18.5 Å². The number of H-pyrrole nitrogens is 1. The van der Waals surface area contributed by atoms with Gasteiger partial charge in [-0.2, -0.15) is 5.10 Å². The van der Waals surface area contributed by atoms with Gasteiger partial charge in [-0.3, -0.25) is 15.2 Å². The van der Waals surface area contributed by atoms with Crippen molar-refractivity contribution < 1.29 is 9.32 Å². The molecule has 2 aromatic heterocycles. The minimum atomic E-state index is -0.396.